The Morgan fingerprint density at radius 1 is 0.964 bits per heavy atom. The quantitative estimate of drug-likeness (QED) is 0.505. The maximum absolute atomic E-state index is 5.69. The molecule has 0 saturated heterocycles. The van der Waals surface area contributed by atoms with Gasteiger partial charge in [-0.2, -0.15) is 5.10 Å². The second kappa shape index (κ2) is 7.35. The van der Waals surface area contributed by atoms with E-state index in [-0.39, 0.29) is 0 Å². The number of aryl methyl sites for hydroxylation is 1. The summed E-state index contributed by atoms with van der Waals surface area (Å²) in [6, 6.07) is 16.3. The summed E-state index contributed by atoms with van der Waals surface area (Å²) >= 11 is 0. The lowest BCUT2D eigenvalue weighted by molar-refractivity contribution is 0.414. The van der Waals surface area contributed by atoms with Gasteiger partial charge in [-0.25, -0.2) is 4.98 Å². The molecule has 0 radical (unpaired) electrons. The van der Waals surface area contributed by atoms with Crippen LogP contribution in [-0.4, -0.2) is 29.0 Å². The molecule has 2 aromatic carbocycles. The van der Waals surface area contributed by atoms with Crippen molar-refractivity contribution in [2.24, 2.45) is 0 Å². The standard InChI is InChI=1S/C23H23N3O2/c1-15-6-5-7-19(16(15)2)23-22(28-4)12-21-20(25-23)13-24-26(21)14-17-8-10-18(27-3)11-9-17/h5-13H,14H2,1-4H3. The number of aromatic nitrogens is 3. The van der Waals surface area contributed by atoms with Gasteiger partial charge in [0.15, 0.2) is 0 Å². The summed E-state index contributed by atoms with van der Waals surface area (Å²) in [7, 11) is 3.35. The van der Waals surface area contributed by atoms with Crippen molar-refractivity contribution in [2.45, 2.75) is 20.4 Å². The summed E-state index contributed by atoms with van der Waals surface area (Å²) in [5.74, 6) is 1.59. The molecule has 0 fully saturated rings. The van der Waals surface area contributed by atoms with Crippen LogP contribution < -0.4 is 9.47 Å². The molecule has 0 aliphatic carbocycles. The molecule has 4 aromatic rings. The first kappa shape index (κ1) is 18.0. The van der Waals surface area contributed by atoms with Crippen LogP contribution in [0, 0.1) is 13.8 Å². The number of hydrogen-bond donors (Lipinski definition) is 0. The zero-order chi connectivity index (χ0) is 19.7. The van der Waals surface area contributed by atoms with Gasteiger partial charge in [-0.3, -0.25) is 4.68 Å². The van der Waals surface area contributed by atoms with Gasteiger partial charge in [0.1, 0.15) is 22.7 Å². The van der Waals surface area contributed by atoms with Crippen LogP contribution in [0.5, 0.6) is 11.5 Å². The van der Waals surface area contributed by atoms with Crippen molar-refractivity contribution in [2.75, 3.05) is 14.2 Å². The Balaban J connectivity index is 1.77. The topological polar surface area (TPSA) is 49.2 Å². The molecular weight excluding hydrogens is 350 g/mol. The summed E-state index contributed by atoms with van der Waals surface area (Å²) in [6.45, 7) is 4.88. The maximum Gasteiger partial charge on any atom is 0.147 e. The van der Waals surface area contributed by atoms with Crippen molar-refractivity contribution >= 4 is 11.0 Å². The minimum Gasteiger partial charge on any atom is -0.497 e. The zero-order valence-corrected chi connectivity index (χ0v) is 16.6. The summed E-state index contributed by atoms with van der Waals surface area (Å²) < 4.78 is 12.9. The van der Waals surface area contributed by atoms with E-state index in [1.807, 2.05) is 41.2 Å². The molecule has 0 aliphatic heterocycles. The van der Waals surface area contributed by atoms with Crippen molar-refractivity contribution in [1.29, 1.82) is 0 Å². The lowest BCUT2D eigenvalue weighted by atomic mass is 10.00. The summed E-state index contributed by atoms with van der Waals surface area (Å²) in [6.07, 6.45) is 1.81. The Labute approximate surface area is 164 Å². The van der Waals surface area contributed by atoms with Crippen molar-refractivity contribution in [3.05, 3.63) is 71.4 Å². The minimum atomic E-state index is 0.654. The van der Waals surface area contributed by atoms with Gasteiger partial charge in [0, 0.05) is 11.6 Å². The predicted molar refractivity (Wildman–Crippen MR) is 111 cm³/mol. The molecular formula is C23H23N3O2. The molecule has 5 nitrogen and oxygen atoms in total. The van der Waals surface area contributed by atoms with Crippen LogP contribution in [-0.2, 0) is 6.54 Å². The van der Waals surface area contributed by atoms with Crippen LogP contribution >= 0.6 is 0 Å². The normalized spacial score (nSPS) is 11.0. The largest absolute Gasteiger partial charge is 0.497 e. The van der Waals surface area contributed by atoms with Gasteiger partial charge in [-0.1, -0.05) is 30.3 Å². The lowest BCUT2D eigenvalue weighted by Crippen LogP contribution is -2.02. The van der Waals surface area contributed by atoms with Crippen LogP contribution in [0.25, 0.3) is 22.3 Å². The molecule has 0 spiro atoms. The van der Waals surface area contributed by atoms with Crippen molar-refractivity contribution < 1.29 is 9.47 Å². The molecule has 28 heavy (non-hydrogen) atoms. The lowest BCUT2D eigenvalue weighted by Gasteiger charge is -2.13. The number of benzene rings is 2. The molecule has 0 N–H and O–H groups in total. The number of ether oxygens (including phenoxy) is 2. The number of nitrogens with zero attached hydrogens (tertiary/aromatic N) is 3. The SMILES string of the molecule is COc1ccc(Cn2ncc3nc(-c4cccc(C)c4C)c(OC)cc32)cc1. The highest BCUT2D eigenvalue weighted by molar-refractivity contribution is 5.83. The van der Waals surface area contributed by atoms with E-state index in [0.717, 1.165) is 39.4 Å². The molecule has 0 unspecified atom stereocenters. The third-order valence-corrected chi connectivity index (χ3v) is 5.16. The second-order valence-corrected chi connectivity index (χ2v) is 6.84. The van der Waals surface area contributed by atoms with Gasteiger partial charge < -0.3 is 9.47 Å². The van der Waals surface area contributed by atoms with Gasteiger partial charge in [-0.15, -0.1) is 0 Å². The van der Waals surface area contributed by atoms with Gasteiger partial charge >= 0.3 is 0 Å². The molecule has 4 rings (SSSR count). The van der Waals surface area contributed by atoms with Crippen LogP contribution in [0.3, 0.4) is 0 Å². The Morgan fingerprint density at radius 3 is 2.46 bits per heavy atom. The molecule has 142 valence electrons. The second-order valence-electron chi connectivity index (χ2n) is 6.84. The Hall–Kier alpha value is -3.34. The van der Waals surface area contributed by atoms with Crippen molar-refractivity contribution in [1.82, 2.24) is 14.8 Å². The molecule has 0 saturated carbocycles. The highest BCUT2D eigenvalue weighted by atomic mass is 16.5. The summed E-state index contributed by atoms with van der Waals surface area (Å²) in [5.41, 5.74) is 7.31. The van der Waals surface area contributed by atoms with E-state index in [1.54, 1.807) is 14.2 Å². The predicted octanol–water partition coefficient (Wildman–Crippen LogP) is 4.78. The summed E-state index contributed by atoms with van der Waals surface area (Å²) in [5, 5.41) is 4.55. The van der Waals surface area contributed by atoms with Gasteiger partial charge in [0.05, 0.1) is 32.5 Å². The fraction of sp³-hybridized carbons (Fsp3) is 0.217. The third-order valence-electron chi connectivity index (χ3n) is 5.16. The molecule has 0 bridgehead atoms. The van der Waals surface area contributed by atoms with Gasteiger partial charge in [0.2, 0.25) is 0 Å². The molecule has 2 aromatic heterocycles. The molecule has 0 aliphatic rings. The molecule has 5 heteroatoms. The monoisotopic (exact) mass is 373 g/mol. The first-order valence-corrected chi connectivity index (χ1v) is 9.20. The number of pyridine rings is 1. The Morgan fingerprint density at radius 2 is 1.75 bits per heavy atom. The van der Waals surface area contributed by atoms with E-state index in [4.69, 9.17) is 14.5 Å². The first-order valence-electron chi connectivity index (χ1n) is 9.20. The summed E-state index contributed by atoms with van der Waals surface area (Å²) in [4.78, 5) is 4.88. The maximum atomic E-state index is 5.69. The van der Waals surface area contributed by atoms with E-state index >= 15 is 0 Å². The Kier molecular flexibility index (Phi) is 4.74. The fourth-order valence-electron chi connectivity index (χ4n) is 3.37. The molecule has 0 atom stereocenters. The van der Waals surface area contributed by atoms with Crippen LogP contribution in [0.4, 0.5) is 0 Å². The smallest absolute Gasteiger partial charge is 0.147 e. The first-order chi connectivity index (χ1) is 13.6. The molecule has 0 amide bonds. The highest BCUT2D eigenvalue weighted by Crippen LogP contribution is 2.34. The number of rotatable bonds is 5. The van der Waals surface area contributed by atoms with E-state index in [2.05, 4.69) is 37.1 Å². The zero-order valence-electron chi connectivity index (χ0n) is 16.6. The third kappa shape index (κ3) is 3.20. The van der Waals surface area contributed by atoms with E-state index in [1.165, 1.54) is 11.1 Å². The average Bonchev–Trinajstić information content (AvgIpc) is 3.11. The van der Waals surface area contributed by atoms with Crippen LogP contribution in [0.15, 0.2) is 54.7 Å². The minimum absolute atomic E-state index is 0.654. The molecule has 2 heterocycles. The van der Waals surface area contributed by atoms with Gasteiger partial charge in [-0.05, 0) is 42.7 Å². The van der Waals surface area contributed by atoms with E-state index < -0.39 is 0 Å². The number of hydrogen-bond acceptors (Lipinski definition) is 4. The van der Waals surface area contributed by atoms with E-state index in [9.17, 15) is 0 Å². The van der Waals surface area contributed by atoms with Crippen molar-refractivity contribution in [3.8, 4) is 22.8 Å². The van der Waals surface area contributed by atoms with Crippen molar-refractivity contribution in [3.63, 3.8) is 0 Å². The van der Waals surface area contributed by atoms with Crippen LogP contribution in [0.2, 0.25) is 0 Å². The highest BCUT2D eigenvalue weighted by Gasteiger charge is 2.15. The fourth-order valence-corrected chi connectivity index (χ4v) is 3.37. The Bertz CT molecular complexity index is 1130. The van der Waals surface area contributed by atoms with Crippen LogP contribution in [0.1, 0.15) is 16.7 Å². The average molecular weight is 373 g/mol. The van der Waals surface area contributed by atoms with E-state index in [0.29, 0.717) is 6.54 Å². The number of methoxy groups -OCH3 is 2. The number of fused-ring (bicyclic) bond motifs is 1. The van der Waals surface area contributed by atoms with Gasteiger partial charge in [0.25, 0.3) is 0 Å².